The number of rotatable bonds is 2. The molecule has 0 fully saturated rings. The molecule has 1 N–H and O–H groups in total. The van der Waals surface area contributed by atoms with Gasteiger partial charge in [0.15, 0.2) is 0 Å². The van der Waals surface area contributed by atoms with Crippen LogP contribution in [0.2, 0.25) is 0 Å². The smallest absolute Gasteiger partial charge is 0.135 e. The molecule has 1 nitrogen and oxygen atoms in total. The molecule has 1 aromatic heterocycles. The van der Waals surface area contributed by atoms with E-state index >= 15 is 0 Å². The number of halogens is 3. The van der Waals surface area contributed by atoms with Crippen LogP contribution in [0.5, 0.6) is 0 Å². The highest BCUT2D eigenvalue weighted by molar-refractivity contribution is 7.10. The summed E-state index contributed by atoms with van der Waals surface area (Å²) in [6, 6.07) is 4.31. The lowest BCUT2D eigenvalue weighted by molar-refractivity contribution is 0.212. The molecule has 0 saturated heterocycles. The molecule has 0 amide bonds. The lowest BCUT2D eigenvalue weighted by Gasteiger charge is -2.11. The maximum Gasteiger partial charge on any atom is 0.135 e. The van der Waals surface area contributed by atoms with Crippen molar-refractivity contribution in [3.8, 4) is 0 Å². The van der Waals surface area contributed by atoms with Gasteiger partial charge in [0.25, 0.3) is 0 Å². The Labute approximate surface area is 93.8 Å². The normalized spacial score (nSPS) is 12.8. The van der Waals surface area contributed by atoms with Gasteiger partial charge in [-0.25, -0.2) is 13.2 Å². The molecule has 84 valence electrons. The Morgan fingerprint density at radius 2 is 1.75 bits per heavy atom. The molecule has 0 aliphatic rings. The van der Waals surface area contributed by atoms with Crippen molar-refractivity contribution in [2.45, 2.75) is 6.10 Å². The molecule has 0 radical (unpaired) electrons. The van der Waals surface area contributed by atoms with Crippen LogP contribution in [0, 0.1) is 17.5 Å². The zero-order valence-corrected chi connectivity index (χ0v) is 8.77. The van der Waals surface area contributed by atoms with Crippen LogP contribution in [0.4, 0.5) is 13.2 Å². The minimum Gasteiger partial charge on any atom is -0.383 e. The van der Waals surface area contributed by atoms with Gasteiger partial charge in [-0.15, -0.1) is 11.3 Å². The molecule has 0 saturated carbocycles. The molecule has 0 spiro atoms. The molecule has 1 aromatic carbocycles. The second-order valence-electron chi connectivity index (χ2n) is 3.20. The average molecular weight is 244 g/mol. The third-order valence-corrected chi connectivity index (χ3v) is 3.05. The van der Waals surface area contributed by atoms with Gasteiger partial charge in [-0.2, -0.15) is 0 Å². The summed E-state index contributed by atoms with van der Waals surface area (Å²) in [6.45, 7) is 0. The first kappa shape index (κ1) is 11.2. The molecule has 0 aliphatic carbocycles. The van der Waals surface area contributed by atoms with Crippen molar-refractivity contribution in [2.24, 2.45) is 0 Å². The fraction of sp³-hybridized carbons (Fsp3) is 0.0909. The molecule has 16 heavy (non-hydrogen) atoms. The molecule has 1 unspecified atom stereocenters. The summed E-state index contributed by atoms with van der Waals surface area (Å²) >= 11 is 1.17. The zero-order valence-electron chi connectivity index (χ0n) is 7.95. The second-order valence-corrected chi connectivity index (χ2v) is 4.18. The van der Waals surface area contributed by atoms with Crippen molar-refractivity contribution in [2.75, 3.05) is 0 Å². The summed E-state index contributed by atoms with van der Waals surface area (Å²) in [4.78, 5) is 0.407. The van der Waals surface area contributed by atoms with Crippen LogP contribution in [0.25, 0.3) is 0 Å². The second kappa shape index (κ2) is 4.27. The Bertz CT molecular complexity index is 473. The Morgan fingerprint density at radius 1 is 1.12 bits per heavy atom. The third kappa shape index (κ3) is 1.96. The van der Waals surface area contributed by atoms with Crippen molar-refractivity contribution >= 4 is 11.3 Å². The lowest BCUT2D eigenvalue weighted by Crippen LogP contribution is -2.05. The highest BCUT2D eigenvalue weighted by atomic mass is 32.1. The SMILES string of the molecule is OC(c1cccs1)c1c(F)cc(F)cc1F. The molecular weight excluding hydrogens is 237 g/mol. The molecule has 1 atom stereocenters. The van der Waals surface area contributed by atoms with E-state index in [-0.39, 0.29) is 0 Å². The topological polar surface area (TPSA) is 20.2 Å². The van der Waals surface area contributed by atoms with Gasteiger partial charge in [0.05, 0.1) is 5.56 Å². The first-order chi connectivity index (χ1) is 7.59. The third-order valence-electron chi connectivity index (χ3n) is 2.13. The van der Waals surface area contributed by atoms with E-state index in [2.05, 4.69) is 0 Å². The molecule has 2 rings (SSSR count). The van der Waals surface area contributed by atoms with Crippen LogP contribution >= 0.6 is 11.3 Å². The Balaban J connectivity index is 2.48. The van der Waals surface area contributed by atoms with E-state index in [0.717, 1.165) is 0 Å². The van der Waals surface area contributed by atoms with E-state index in [1.54, 1.807) is 17.5 Å². The van der Waals surface area contributed by atoms with Crippen LogP contribution in [0.3, 0.4) is 0 Å². The van der Waals surface area contributed by atoms with E-state index in [0.29, 0.717) is 17.0 Å². The van der Waals surface area contributed by atoms with Crippen LogP contribution in [-0.2, 0) is 0 Å². The van der Waals surface area contributed by atoms with E-state index in [4.69, 9.17) is 0 Å². The van der Waals surface area contributed by atoms with Crippen molar-refractivity contribution < 1.29 is 18.3 Å². The fourth-order valence-electron chi connectivity index (χ4n) is 1.40. The van der Waals surface area contributed by atoms with Crippen LogP contribution in [0.15, 0.2) is 29.6 Å². The average Bonchev–Trinajstić information content (AvgIpc) is 2.67. The van der Waals surface area contributed by atoms with E-state index in [1.807, 2.05) is 0 Å². The number of aliphatic hydroxyl groups is 1. The predicted molar refractivity (Wildman–Crippen MR) is 54.7 cm³/mol. The monoisotopic (exact) mass is 244 g/mol. The van der Waals surface area contributed by atoms with Crippen LogP contribution < -0.4 is 0 Å². The highest BCUT2D eigenvalue weighted by Crippen LogP contribution is 2.29. The summed E-state index contributed by atoms with van der Waals surface area (Å²) in [6.07, 6.45) is -1.40. The van der Waals surface area contributed by atoms with Crippen molar-refractivity contribution in [1.29, 1.82) is 0 Å². The Kier molecular flexibility index (Phi) is 2.98. The van der Waals surface area contributed by atoms with Crippen molar-refractivity contribution in [3.63, 3.8) is 0 Å². The summed E-state index contributed by atoms with van der Waals surface area (Å²) < 4.78 is 39.3. The maximum atomic E-state index is 13.3. The first-order valence-corrected chi connectivity index (χ1v) is 5.33. The number of hydrogen-bond acceptors (Lipinski definition) is 2. The van der Waals surface area contributed by atoms with E-state index in [1.165, 1.54) is 11.3 Å². The minimum absolute atomic E-state index is 0.407. The predicted octanol–water partition coefficient (Wildman–Crippen LogP) is 3.25. The van der Waals surface area contributed by atoms with Gasteiger partial charge in [-0.3, -0.25) is 0 Å². The minimum atomic E-state index is -1.40. The summed E-state index contributed by atoms with van der Waals surface area (Å²) in [5, 5.41) is 11.4. The molecular formula is C11H7F3OS. The Hall–Kier alpha value is -1.33. The van der Waals surface area contributed by atoms with E-state index < -0.39 is 29.1 Å². The van der Waals surface area contributed by atoms with Gasteiger partial charge >= 0.3 is 0 Å². The quantitative estimate of drug-likeness (QED) is 0.859. The number of benzene rings is 1. The molecule has 0 aliphatic heterocycles. The maximum absolute atomic E-state index is 13.3. The van der Waals surface area contributed by atoms with Gasteiger partial charge in [-0.1, -0.05) is 6.07 Å². The summed E-state index contributed by atoms with van der Waals surface area (Å²) in [5.74, 6) is -3.17. The van der Waals surface area contributed by atoms with Crippen LogP contribution in [-0.4, -0.2) is 5.11 Å². The van der Waals surface area contributed by atoms with Crippen molar-refractivity contribution in [1.82, 2.24) is 0 Å². The first-order valence-electron chi connectivity index (χ1n) is 4.45. The van der Waals surface area contributed by atoms with Gasteiger partial charge in [0, 0.05) is 17.0 Å². The number of aliphatic hydroxyl groups excluding tert-OH is 1. The van der Waals surface area contributed by atoms with Gasteiger partial charge in [-0.05, 0) is 11.4 Å². The van der Waals surface area contributed by atoms with Gasteiger partial charge in [0.2, 0.25) is 0 Å². The van der Waals surface area contributed by atoms with Gasteiger partial charge in [0.1, 0.15) is 23.6 Å². The molecule has 0 bridgehead atoms. The van der Waals surface area contributed by atoms with Crippen molar-refractivity contribution in [3.05, 3.63) is 57.5 Å². The number of hydrogen-bond donors (Lipinski definition) is 1. The largest absolute Gasteiger partial charge is 0.383 e. The van der Waals surface area contributed by atoms with E-state index in [9.17, 15) is 18.3 Å². The van der Waals surface area contributed by atoms with Gasteiger partial charge < -0.3 is 5.11 Å². The fourth-order valence-corrected chi connectivity index (χ4v) is 2.12. The summed E-state index contributed by atoms with van der Waals surface area (Å²) in [7, 11) is 0. The highest BCUT2D eigenvalue weighted by Gasteiger charge is 2.21. The lowest BCUT2D eigenvalue weighted by atomic mass is 10.1. The Morgan fingerprint density at radius 3 is 2.25 bits per heavy atom. The van der Waals surface area contributed by atoms with Crippen LogP contribution in [0.1, 0.15) is 16.5 Å². The molecule has 2 aromatic rings. The summed E-state index contributed by atoms with van der Waals surface area (Å²) in [5.41, 5.74) is -0.524. The molecule has 5 heteroatoms. The standard InChI is InChI=1S/C11H7F3OS/c12-6-4-7(13)10(8(14)5-6)11(15)9-2-1-3-16-9/h1-5,11,15H. The zero-order chi connectivity index (χ0) is 11.7. The number of thiophene rings is 1. The molecule has 1 heterocycles.